The zero-order valence-electron chi connectivity index (χ0n) is 10.6. The molecule has 4 nitrogen and oxygen atoms in total. The minimum absolute atomic E-state index is 0.297. The molecule has 1 heterocycles. The number of hydrogen-bond donors (Lipinski definition) is 2. The predicted octanol–water partition coefficient (Wildman–Crippen LogP) is 2.04. The van der Waals surface area contributed by atoms with E-state index >= 15 is 0 Å². The normalized spacial score (nSPS) is 23.8. The van der Waals surface area contributed by atoms with E-state index in [0.717, 1.165) is 18.7 Å². The van der Waals surface area contributed by atoms with Crippen molar-refractivity contribution in [3.8, 4) is 6.07 Å². The minimum atomic E-state index is 0.297. The van der Waals surface area contributed by atoms with Crippen molar-refractivity contribution in [2.24, 2.45) is 11.8 Å². The van der Waals surface area contributed by atoms with E-state index in [0.29, 0.717) is 30.7 Å². The van der Waals surface area contributed by atoms with E-state index < -0.39 is 0 Å². The lowest BCUT2D eigenvalue weighted by molar-refractivity contribution is 0.132. The molecule has 1 saturated carbocycles. The second-order valence-corrected chi connectivity index (χ2v) is 5.00. The lowest BCUT2D eigenvalue weighted by atomic mass is 9.79. The second-order valence-electron chi connectivity index (χ2n) is 5.00. The van der Waals surface area contributed by atoms with E-state index in [9.17, 15) is 5.11 Å². The van der Waals surface area contributed by atoms with Crippen molar-refractivity contribution in [1.82, 2.24) is 5.32 Å². The third kappa shape index (κ3) is 3.34. The summed E-state index contributed by atoms with van der Waals surface area (Å²) in [7, 11) is 0. The molecule has 0 bridgehead atoms. The number of nitrogens with zero attached hydrogens (tertiary/aromatic N) is 1. The first kappa shape index (κ1) is 13.1. The summed E-state index contributed by atoms with van der Waals surface area (Å²) < 4.78 is 5.30. The lowest BCUT2D eigenvalue weighted by Gasteiger charge is -2.30. The Morgan fingerprint density at radius 3 is 2.78 bits per heavy atom. The Bertz CT molecular complexity index is 408. The van der Waals surface area contributed by atoms with E-state index in [1.807, 2.05) is 12.1 Å². The maximum absolute atomic E-state index is 9.33. The van der Waals surface area contributed by atoms with Crippen LogP contribution in [0, 0.1) is 23.2 Å². The summed E-state index contributed by atoms with van der Waals surface area (Å²) in [5.41, 5.74) is 0. The molecular formula is C14H20N2O2. The molecule has 0 amide bonds. The van der Waals surface area contributed by atoms with E-state index in [2.05, 4.69) is 5.32 Å². The van der Waals surface area contributed by atoms with Gasteiger partial charge in [-0.1, -0.05) is 12.8 Å². The van der Waals surface area contributed by atoms with E-state index in [-0.39, 0.29) is 0 Å². The number of nitriles is 1. The van der Waals surface area contributed by atoms with Crippen LogP contribution in [0.5, 0.6) is 0 Å². The molecular weight excluding hydrogens is 228 g/mol. The Morgan fingerprint density at radius 1 is 1.33 bits per heavy atom. The van der Waals surface area contributed by atoms with Gasteiger partial charge in [0, 0.05) is 6.61 Å². The van der Waals surface area contributed by atoms with Crippen molar-refractivity contribution in [3.63, 3.8) is 0 Å². The number of nitrogens with one attached hydrogen (secondary N) is 1. The summed E-state index contributed by atoms with van der Waals surface area (Å²) in [6.07, 6.45) is 4.84. The van der Waals surface area contributed by atoms with E-state index in [4.69, 9.17) is 9.68 Å². The van der Waals surface area contributed by atoms with Crippen molar-refractivity contribution in [2.75, 3.05) is 13.2 Å². The van der Waals surface area contributed by atoms with Gasteiger partial charge in [0.25, 0.3) is 0 Å². The molecule has 1 fully saturated rings. The molecule has 0 aliphatic heterocycles. The molecule has 0 saturated heterocycles. The van der Waals surface area contributed by atoms with Crippen molar-refractivity contribution < 1.29 is 9.52 Å². The summed E-state index contributed by atoms with van der Waals surface area (Å²) in [5, 5.41) is 21.3. The van der Waals surface area contributed by atoms with Gasteiger partial charge in [0.05, 0.1) is 6.54 Å². The van der Waals surface area contributed by atoms with Crippen LogP contribution in [-0.2, 0) is 6.54 Å². The Kier molecular flexibility index (Phi) is 4.80. The Balaban J connectivity index is 1.75. The van der Waals surface area contributed by atoms with Gasteiger partial charge in [0.15, 0.2) is 0 Å². The third-order valence-electron chi connectivity index (χ3n) is 3.78. The van der Waals surface area contributed by atoms with Gasteiger partial charge in [0.1, 0.15) is 11.8 Å². The maximum Gasteiger partial charge on any atom is 0.203 e. The van der Waals surface area contributed by atoms with Crippen LogP contribution in [-0.4, -0.2) is 18.3 Å². The number of rotatable bonds is 5. The summed E-state index contributed by atoms with van der Waals surface area (Å²) >= 11 is 0. The van der Waals surface area contributed by atoms with Crippen LogP contribution in [0.25, 0.3) is 0 Å². The quantitative estimate of drug-likeness (QED) is 0.836. The molecule has 2 unspecified atom stereocenters. The minimum Gasteiger partial charge on any atom is -0.449 e. The van der Waals surface area contributed by atoms with E-state index in [1.165, 1.54) is 19.3 Å². The highest BCUT2D eigenvalue weighted by molar-refractivity contribution is 5.18. The smallest absolute Gasteiger partial charge is 0.203 e. The predicted molar refractivity (Wildman–Crippen MR) is 67.7 cm³/mol. The summed E-state index contributed by atoms with van der Waals surface area (Å²) in [4.78, 5) is 0. The van der Waals surface area contributed by atoms with Gasteiger partial charge >= 0.3 is 0 Å². The molecule has 1 aliphatic carbocycles. The highest BCUT2D eigenvalue weighted by Gasteiger charge is 2.23. The SMILES string of the molecule is N#Cc1ccc(CNCC2CCCCC2CO)o1. The first-order valence-electron chi connectivity index (χ1n) is 6.64. The van der Waals surface area contributed by atoms with Gasteiger partial charge in [-0.2, -0.15) is 5.26 Å². The van der Waals surface area contributed by atoms with Crippen molar-refractivity contribution in [1.29, 1.82) is 5.26 Å². The topological polar surface area (TPSA) is 69.2 Å². The highest BCUT2D eigenvalue weighted by Crippen LogP contribution is 2.29. The van der Waals surface area contributed by atoms with Gasteiger partial charge in [-0.15, -0.1) is 0 Å². The highest BCUT2D eigenvalue weighted by atomic mass is 16.3. The Hall–Kier alpha value is -1.31. The van der Waals surface area contributed by atoms with Crippen LogP contribution in [0.15, 0.2) is 16.5 Å². The number of aliphatic hydroxyl groups excluding tert-OH is 1. The maximum atomic E-state index is 9.33. The molecule has 0 aromatic carbocycles. The van der Waals surface area contributed by atoms with Crippen LogP contribution >= 0.6 is 0 Å². The van der Waals surface area contributed by atoms with Gasteiger partial charge in [-0.05, 0) is 43.4 Å². The van der Waals surface area contributed by atoms with Crippen LogP contribution in [0.2, 0.25) is 0 Å². The molecule has 4 heteroatoms. The summed E-state index contributed by atoms with van der Waals surface area (Å²) in [6, 6.07) is 5.49. The Morgan fingerprint density at radius 2 is 2.11 bits per heavy atom. The van der Waals surface area contributed by atoms with Crippen molar-refractivity contribution >= 4 is 0 Å². The molecule has 0 spiro atoms. The van der Waals surface area contributed by atoms with Crippen LogP contribution in [0.1, 0.15) is 37.2 Å². The largest absolute Gasteiger partial charge is 0.449 e. The molecule has 2 atom stereocenters. The van der Waals surface area contributed by atoms with Crippen LogP contribution in [0.3, 0.4) is 0 Å². The molecule has 18 heavy (non-hydrogen) atoms. The molecule has 2 N–H and O–H groups in total. The zero-order valence-corrected chi connectivity index (χ0v) is 10.6. The number of furan rings is 1. The molecule has 0 radical (unpaired) electrons. The zero-order chi connectivity index (χ0) is 12.8. The van der Waals surface area contributed by atoms with Crippen LogP contribution < -0.4 is 5.32 Å². The van der Waals surface area contributed by atoms with Gasteiger partial charge in [-0.25, -0.2) is 0 Å². The first-order valence-corrected chi connectivity index (χ1v) is 6.64. The Labute approximate surface area is 108 Å². The van der Waals surface area contributed by atoms with Gasteiger partial charge < -0.3 is 14.8 Å². The number of hydrogen-bond acceptors (Lipinski definition) is 4. The first-order chi connectivity index (χ1) is 8.83. The average molecular weight is 248 g/mol. The van der Waals surface area contributed by atoms with Crippen molar-refractivity contribution in [3.05, 3.63) is 23.7 Å². The second kappa shape index (κ2) is 6.58. The fraction of sp³-hybridized carbons (Fsp3) is 0.643. The summed E-state index contributed by atoms with van der Waals surface area (Å²) in [5.74, 6) is 2.16. The molecule has 98 valence electrons. The average Bonchev–Trinajstić information content (AvgIpc) is 2.87. The van der Waals surface area contributed by atoms with Crippen molar-refractivity contribution in [2.45, 2.75) is 32.2 Å². The van der Waals surface area contributed by atoms with Crippen LogP contribution in [0.4, 0.5) is 0 Å². The summed E-state index contributed by atoms with van der Waals surface area (Å²) in [6.45, 7) is 1.86. The standard InChI is InChI=1S/C14H20N2O2/c15-7-13-5-6-14(18-13)9-16-8-11-3-1-2-4-12(11)10-17/h5-6,11-12,16-17H,1-4,8-10H2. The van der Waals surface area contributed by atoms with E-state index in [1.54, 1.807) is 6.07 Å². The molecule has 2 rings (SSSR count). The van der Waals surface area contributed by atoms with Gasteiger partial charge in [-0.3, -0.25) is 0 Å². The van der Waals surface area contributed by atoms with Gasteiger partial charge in [0.2, 0.25) is 5.76 Å². The molecule has 1 aliphatic rings. The fourth-order valence-corrected chi connectivity index (χ4v) is 2.71. The lowest BCUT2D eigenvalue weighted by Crippen LogP contribution is -2.32. The molecule has 1 aromatic rings. The fourth-order valence-electron chi connectivity index (χ4n) is 2.71. The molecule has 1 aromatic heterocycles. The number of aliphatic hydroxyl groups is 1. The third-order valence-corrected chi connectivity index (χ3v) is 3.78. The monoisotopic (exact) mass is 248 g/mol.